The normalized spacial score (nSPS) is 10.8. The molecule has 0 spiro atoms. The minimum atomic E-state index is -2.97. The fraction of sp³-hybridized carbons (Fsp3) is 0.0667. The molecule has 0 unspecified atom stereocenters. The summed E-state index contributed by atoms with van der Waals surface area (Å²) in [5, 5.41) is 5.93. The maximum Gasteiger partial charge on any atom is 0.282 e. The highest BCUT2D eigenvalue weighted by atomic mass is 19.3. The predicted molar refractivity (Wildman–Crippen MR) is 144 cm³/mol. The van der Waals surface area contributed by atoms with Crippen molar-refractivity contribution in [3.05, 3.63) is 125 Å². The number of nitrogens with one attached hydrogen (secondary N) is 1. The Kier molecular flexibility index (Phi) is 9.12. The third kappa shape index (κ3) is 6.83. The van der Waals surface area contributed by atoms with E-state index in [0.717, 1.165) is 23.0 Å². The van der Waals surface area contributed by atoms with Crippen LogP contribution in [0.3, 0.4) is 0 Å². The smallest absolute Gasteiger partial charge is 0.282 e. The summed E-state index contributed by atoms with van der Waals surface area (Å²) in [6, 6.07) is 15.3. The van der Waals surface area contributed by atoms with E-state index in [1.807, 2.05) is 0 Å². The Labute approximate surface area is 239 Å². The number of carbonyl (C=O) groups is 1. The van der Waals surface area contributed by atoms with Gasteiger partial charge in [-0.25, -0.2) is 35.1 Å². The lowest BCUT2D eigenvalue weighted by atomic mass is 10.0. The summed E-state index contributed by atoms with van der Waals surface area (Å²) in [4.78, 5) is 12.4. The van der Waals surface area contributed by atoms with Gasteiger partial charge in [0.25, 0.3) is 12.3 Å². The number of halogens is 8. The second-order valence-corrected chi connectivity index (χ2v) is 8.99. The molecule has 0 aliphatic heterocycles. The van der Waals surface area contributed by atoms with Gasteiger partial charge in [-0.15, -0.1) is 0 Å². The number of rotatable bonds is 5. The van der Waals surface area contributed by atoms with Crippen molar-refractivity contribution in [1.82, 2.24) is 9.78 Å². The van der Waals surface area contributed by atoms with Crippen molar-refractivity contribution in [3.63, 3.8) is 0 Å². The molecule has 1 amide bonds. The van der Waals surface area contributed by atoms with E-state index in [2.05, 4.69) is 10.4 Å². The van der Waals surface area contributed by atoms with E-state index in [0.29, 0.717) is 23.4 Å². The first kappa shape index (κ1) is 30.8. The van der Waals surface area contributed by atoms with Crippen LogP contribution in [-0.2, 0) is 7.05 Å². The maximum atomic E-state index is 14.1. The summed E-state index contributed by atoms with van der Waals surface area (Å²) in [6.45, 7) is 0. The lowest BCUT2D eigenvalue weighted by Gasteiger charge is -2.12. The molecule has 0 aliphatic carbocycles. The highest BCUT2D eigenvalue weighted by molar-refractivity contribution is 6.07. The molecule has 43 heavy (non-hydrogen) atoms. The van der Waals surface area contributed by atoms with Crippen molar-refractivity contribution in [1.29, 1.82) is 0 Å². The average molecular weight is 605 g/mol. The Hall–Kier alpha value is -5.20. The van der Waals surface area contributed by atoms with E-state index in [-0.39, 0.29) is 27.9 Å². The Morgan fingerprint density at radius 3 is 1.98 bits per heavy atom. The summed E-state index contributed by atoms with van der Waals surface area (Å²) in [6.07, 6.45) is -1.84. The molecule has 5 rings (SSSR count). The third-order valence-electron chi connectivity index (χ3n) is 6.04. The van der Waals surface area contributed by atoms with Gasteiger partial charge >= 0.3 is 0 Å². The summed E-state index contributed by atoms with van der Waals surface area (Å²) >= 11 is 0. The number of hydrogen-bond donors (Lipinski definition) is 2. The number of amides is 1. The van der Waals surface area contributed by atoms with Gasteiger partial charge in [-0.1, -0.05) is 36.4 Å². The van der Waals surface area contributed by atoms with E-state index in [4.69, 9.17) is 5.73 Å². The number of para-hydroxylation sites is 2. The maximum absolute atomic E-state index is 14.1. The molecule has 1 aromatic heterocycles. The van der Waals surface area contributed by atoms with Gasteiger partial charge in [0.2, 0.25) is 0 Å². The molecule has 0 atom stereocenters. The van der Waals surface area contributed by atoms with Gasteiger partial charge in [0, 0.05) is 47.4 Å². The number of aryl methyl sites for hydroxylation is 1. The average Bonchev–Trinajstić information content (AvgIpc) is 3.37. The number of nitrogen functional groups attached to an aromatic ring is 1. The van der Waals surface area contributed by atoms with Gasteiger partial charge in [0.15, 0.2) is 29.1 Å². The highest BCUT2D eigenvalue weighted by Crippen LogP contribution is 2.32. The second kappa shape index (κ2) is 12.8. The van der Waals surface area contributed by atoms with Gasteiger partial charge in [0.1, 0.15) is 11.5 Å². The first-order valence-electron chi connectivity index (χ1n) is 12.2. The fourth-order valence-electron chi connectivity index (χ4n) is 4.06. The number of nitrogens with two attached hydrogens (primary N) is 1. The Morgan fingerprint density at radius 1 is 0.767 bits per heavy atom. The minimum absolute atomic E-state index is 0.0384. The zero-order valence-corrected chi connectivity index (χ0v) is 22.0. The molecule has 3 N–H and O–H groups in total. The summed E-state index contributed by atoms with van der Waals surface area (Å²) < 4.78 is 107. The number of hydrogen-bond acceptors (Lipinski definition) is 3. The quantitative estimate of drug-likeness (QED) is 0.0923. The lowest BCUT2D eigenvalue weighted by Crippen LogP contribution is -2.14. The second-order valence-electron chi connectivity index (χ2n) is 8.99. The van der Waals surface area contributed by atoms with E-state index < -0.39 is 52.9 Å². The molecule has 0 aliphatic rings. The van der Waals surface area contributed by atoms with Gasteiger partial charge in [-0.2, -0.15) is 5.10 Å². The Morgan fingerprint density at radius 2 is 1.35 bits per heavy atom. The molecule has 0 fully saturated rings. The molecule has 13 heteroatoms. The number of alkyl halides is 2. The van der Waals surface area contributed by atoms with Crippen LogP contribution in [0, 0.1) is 34.9 Å². The fourth-order valence-corrected chi connectivity index (χ4v) is 4.06. The molecular formula is C30H20F8N4O. The molecule has 0 radical (unpaired) electrons. The Bertz CT molecular complexity index is 1780. The van der Waals surface area contributed by atoms with Crippen LogP contribution in [-0.4, -0.2) is 15.7 Å². The summed E-state index contributed by atoms with van der Waals surface area (Å²) in [5.74, 6) is -8.47. The lowest BCUT2D eigenvalue weighted by molar-refractivity contribution is 0.101. The van der Waals surface area contributed by atoms with Crippen LogP contribution < -0.4 is 11.1 Å². The molecule has 4 aromatic carbocycles. The van der Waals surface area contributed by atoms with Crippen molar-refractivity contribution >= 4 is 17.3 Å². The van der Waals surface area contributed by atoms with Crippen LogP contribution >= 0.6 is 0 Å². The number of anilines is 2. The van der Waals surface area contributed by atoms with Gasteiger partial charge < -0.3 is 11.1 Å². The van der Waals surface area contributed by atoms with Gasteiger partial charge in [-0.05, 0) is 35.9 Å². The van der Waals surface area contributed by atoms with Crippen molar-refractivity contribution in [2.24, 2.45) is 7.05 Å². The SMILES string of the molecule is Cn1cc(C(=O)Nc2ccccc2-c2cc(F)c(F)cc2F)c(C(F)F)n1.Nc1ccccc1-c1cc(F)c(F)c(F)c1. The number of carbonyl (C=O) groups excluding carboxylic acids is 1. The van der Waals surface area contributed by atoms with E-state index in [1.165, 1.54) is 31.3 Å². The van der Waals surface area contributed by atoms with Crippen molar-refractivity contribution < 1.29 is 39.9 Å². The molecule has 5 aromatic rings. The van der Waals surface area contributed by atoms with Crippen LogP contribution in [0.25, 0.3) is 22.3 Å². The predicted octanol–water partition coefficient (Wildman–Crippen LogP) is 8.05. The minimum Gasteiger partial charge on any atom is -0.398 e. The zero-order chi connectivity index (χ0) is 31.4. The Balaban J connectivity index is 0.000000225. The first-order valence-corrected chi connectivity index (χ1v) is 12.2. The van der Waals surface area contributed by atoms with Crippen molar-refractivity contribution in [2.75, 3.05) is 11.1 Å². The monoisotopic (exact) mass is 604 g/mol. The van der Waals surface area contributed by atoms with Crippen LogP contribution in [0.4, 0.5) is 46.5 Å². The number of aromatic nitrogens is 2. The third-order valence-corrected chi connectivity index (χ3v) is 6.04. The number of nitrogens with zero attached hydrogens (tertiary/aromatic N) is 2. The van der Waals surface area contributed by atoms with Crippen LogP contribution in [0.1, 0.15) is 22.5 Å². The first-order chi connectivity index (χ1) is 20.4. The van der Waals surface area contributed by atoms with Crippen LogP contribution in [0.2, 0.25) is 0 Å². The van der Waals surface area contributed by atoms with Gasteiger partial charge in [-0.3, -0.25) is 9.48 Å². The van der Waals surface area contributed by atoms with Gasteiger partial charge in [0.05, 0.1) is 5.56 Å². The molecule has 222 valence electrons. The largest absolute Gasteiger partial charge is 0.398 e. The van der Waals surface area contributed by atoms with E-state index in [9.17, 15) is 39.9 Å². The molecule has 5 nitrogen and oxygen atoms in total. The van der Waals surface area contributed by atoms with E-state index >= 15 is 0 Å². The summed E-state index contributed by atoms with van der Waals surface area (Å²) in [5.41, 5.74) is 5.48. The molecule has 0 bridgehead atoms. The van der Waals surface area contributed by atoms with Crippen molar-refractivity contribution in [3.8, 4) is 22.3 Å². The zero-order valence-electron chi connectivity index (χ0n) is 22.0. The molecular weight excluding hydrogens is 584 g/mol. The van der Waals surface area contributed by atoms with E-state index in [1.54, 1.807) is 24.3 Å². The summed E-state index contributed by atoms with van der Waals surface area (Å²) in [7, 11) is 1.38. The van der Waals surface area contributed by atoms with Crippen molar-refractivity contribution in [2.45, 2.75) is 6.43 Å². The topological polar surface area (TPSA) is 72.9 Å². The number of benzene rings is 4. The standard InChI is InChI=1S/C18H12F5N3O.C12H8F3N/c1-26-8-11(16(25-26)17(22)23)18(27)24-15-5-3-2-4-9(15)10-6-13(20)14(21)7-12(10)19;13-9-5-7(6-10(14)12(9)15)8-3-1-2-4-11(8)16/h2-8,17H,1H3,(H,24,27);1-6H,16H2. The molecule has 0 saturated heterocycles. The van der Waals surface area contributed by atoms with Crippen LogP contribution in [0.15, 0.2) is 79.0 Å². The molecule has 1 heterocycles. The van der Waals surface area contributed by atoms with Crippen LogP contribution in [0.5, 0.6) is 0 Å². The highest BCUT2D eigenvalue weighted by Gasteiger charge is 2.24. The molecule has 0 saturated carbocycles.